The predicted octanol–water partition coefficient (Wildman–Crippen LogP) is 6.50. The van der Waals surface area contributed by atoms with E-state index in [0.29, 0.717) is 5.57 Å². The number of rotatable bonds is 14. The molecular formula is C19H36O2. The van der Waals surface area contributed by atoms with E-state index in [1.807, 2.05) is 6.92 Å². The maximum atomic E-state index is 10.8. The average Bonchev–Trinajstić information content (AvgIpc) is 2.47. The minimum Gasteiger partial charge on any atom is -0.478 e. The third kappa shape index (κ3) is 12.6. The molecule has 0 rings (SSSR count). The molecule has 0 aliphatic carbocycles. The molecule has 0 aromatic carbocycles. The van der Waals surface area contributed by atoms with Crippen molar-refractivity contribution in [3.63, 3.8) is 0 Å². The van der Waals surface area contributed by atoms with Gasteiger partial charge in [-0.05, 0) is 26.7 Å². The molecule has 21 heavy (non-hydrogen) atoms. The third-order valence-corrected chi connectivity index (χ3v) is 4.37. The van der Waals surface area contributed by atoms with E-state index < -0.39 is 5.97 Å². The van der Waals surface area contributed by atoms with Crippen LogP contribution in [0.4, 0.5) is 0 Å². The van der Waals surface area contributed by atoms with Crippen LogP contribution in [-0.2, 0) is 4.79 Å². The van der Waals surface area contributed by atoms with E-state index in [9.17, 15) is 4.79 Å². The Kier molecular flexibility index (Phi) is 13.6. The number of carboxylic acid groups (broad SMARTS) is 1. The van der Waals surface area contributed by atoms with Crippen LogP contribution in [-0.4, -0.2) is 11.1 Å². The van der Waals surface area contributed by atoms with Crippen LogP contribution < -0.4 is 0 Å². The summed E-state index contributed by atoms with van der Waals surface area (Å²) in [5.41, 5.74) is 1.56. The van der Waals surface area contributed by atoms with Gasteiger partial charge in [-0.15, -0.1) is 0 Å². The standard InChI is InChI=1S/C19H36O2/c1-4-5-6-7-8-9-10-11-12-13-14-15-16-17(2)18(3)19(20)21/h4-16H2,1-3H3,(H,20,21). The van der Waals surface area contributed by atoms with Crippen molar-refractivity contribution in [2.45, 2.75) is 104 Å². The first-order valence-corrected chi connectivity index (χ1v) is 8.99. The maximum Gasteiger partial charge on any atom is 0.331 e. The zero-order valence-electron chi connectivity index (χ0n) is 14.5. The van der Waals surface area contributed by atoms with Crippen molar-refractivity contribution in [3.8, 4) is 0 Å². The normalized spacial score (nSPS) is 12.3. The molecule has 124 valence electrons. The Bertz CT molecular complexity index is 292. The van der Waals surface area contributed by atoms with E-state index in [-0.39, 0.29) is 0 Å². The van der Waals surface area contributed by atoms with Gasteiger partial charge in [0.1, 0.15) is 0 Å². The lowest BCUT2D eigenvalue weighted by atomic mass is 10.0. The lowest BCUT2D eigenvalue weighted by Crippen LogP contribution is -1.99. The van der Waals surface area contributed by atoms with Crippen LogP contribution in [0.15, 0.2) is 11.1 Å². The van der Waals surface area contributed by atoms with Gasteiger partial charge >= 0.3 is 5.97 Å². The first-order chi connectivity index (χ1) is 10.1. The van der Waals surface area contributed by atoms with Crippen LogP contribution in [0.2, 0.25) is 0 Å². The van der Waals surface area contributed by atoms with Crippen molar-refractivity contribution < 1.29 is 9.90 Å². The topological polar surface area (TPSA) is 37.3 Å². The molecule has 0 fully saturated rings. The maximum absolute atomic E-state index is 10.8. The third-order valence-electron chi connectivity index (χ3n) is 4.37. The highest BCUT2D eigenvalue weighted by molar-refractivity contribution is 5.86. The summed E-state index contributed by atoms with van der Waals surface area (Å²) in [5, 5.41) is 8.89. The highest BCUT2D eigenvalue weighted by atomic mass is 16.4. The molecule has 0 saturated heterocycles. The Labute approximate surface area is 132 Å². The number of allylic oxidation sites excluding steroid dienone is 1. The second kappa shape index (κ2) is 14.2. The van der Waals surface area contributed by atoms with Crippen molar-refractivity contribution in [1.29, 1.82) is 0 Å². The van der Waals surface area contributed by atoms with Crippen molar-refractivity contribution in [3.05, 3.63) is 11.1 Å². The zero-order chi connectivity index (χ0) is 15.9. The summed E-state index contributed by atoms with van der Waals surface area (Å²) in [7, 11) is 0. The molecule has 2 nitrogen and oxygen atoms in total. The highest BCUT2D eigenvalue weighted by Crippen LogP contribution is 2.15. The number of aliphatic carboxylic acids is 1. The Morgan fingerprint density at radius 1 is 0.714 bits per heavy atom. The van der Waals surface area contributed by atoms with Crippen LogP contribution in [0, 0.1) is 0 Å². The fraction of sp³-hybridized carbons (Fsp3) is 0.842. The molecule has 0 aliphatic heterocycles. The molecule has 0 heterocycles. The SMILES string of the molecule is CCCCCCCCCCCCCCC(C)=C(C)C(=O)O. The molecule has 0 aliphatic rings. The monoisotopic (exact) mass is 296 g/mol. The number of unbranched alkanes of at least 4 members (excludes halogenated alkanes) is 11. The first-order valence-electron chi connectivity index (χ1n) is 8.99. The van der Waals surface area contributed by atoms with Crippen LogP contribution in [0.25, 0.3) is 0 Å². The van der Waals surface area contributed by atoms with Gasteiger partial charge in [0.15, 0.2) is 0 Å². The van der Waals surface area contributed by atoms with E-state index in [2.05, 4.69) is 6.92 Å². The number of hydrogen-bond acceptors (Lipinski definition) is 1. The van der Waals surface area contributed by atoms with Gasteiger partial charge in [0.05, 0.1) is 0 Å². The minimum atomic E-state index is -0.772. The minimum absolute atomic E-state index is 0.526. The van der Waals surface area contributed by atoms with E-state index in [1.165, 1.54) is 70.6 Å². The van der Waals surface area contributed by atoms with Gasteiger partial charge < -0.3 is 5.11 Å². The fourth-order valence-corrected chi connectivity index (χ4v) is 2.60. The molecule has 0 bridgehead atoms. The summed E-state index contributed by atoms with van der Waals surface area (Å²) >= 11 is 0. The lowest BCUT2D eigenvalue weighted by Gasteiger charge is -2.05. The summed E-state index contributed by atoms with van der Waals surface area (Å²) in [4.78, 5) is 10.8. The Hall–Kier alpha value is -0.790. The molecule has 0 unspecified atom stereocenters. The van der Waals surface area contributed by atoms with Gasteiger partial charge in [-0.2, -0.15) is 0 Å². The summed E-state index contributed by atoms with van der Waals surface area (Å²) < 4.78 is 0. The van der Waals surface area contributed by atoms with Gasteiger partial charge in [0.25, 0.3) is 0 Å². The van der Waals surface area contributed by atoms with E-state index in [4.69, 9.17) is 5.11 Å². The van der Waals surface area contributed by atoms with Crippen LogP contribution >= 0.6 is 0 Å². The summed E-state index contributed by atoms with van der Waals surface area (Å²) in [6.07, 6.45) is 17.1. The van der Waals surface area contributed by atoms with E-state index in [0.717, 1.165) is 18.4 Å². The average molecular weight is 296 g/mol. The molecule has 0 aromatic rings. The highest BCUT2D eigenvalue weighted by Gasteiger charge is 2.04. The summed E-state index contributed by atoms with van der Waals surface area (Å²) in [5.74, 6) is -0.772. The summed E-state index contributed by atoms with van der Waals surface area (Å²) in [6, 6.07) is 0. The number of carbonyl (C=O) groups is 1. The van der Waals surface area contributed by atoms with Gasteiger partial charge in [-0.3, -0.25) is 0 Å². The smallest absolute Gasteiger partial charge is 0.331 e. The molecule has 0 atom stereocenters. The zero-order valence-corrected chi connectivity index (χ0v) is 14.5. The Morgan fingerprint density at radius 2 is 1.10 bits per heavy atom. The second-order valence-electron chi connectivity index (χ2n) is 6.35. The molecule has 0 amide bonds. The van der Waals surface area contributed by atoms with Gasteiger partial charge in [0.2, 0.25) is 0 Å². The Morgan fingerprint density at radius 3 is 1.48 bits per heavy atom. The second-order valence-corrected chi connectivity index (χ2v) is 6.35. The number of carboxylic acids is 1. The van der Waals surface area contributed by atoms with Gasteiger partial charge in [-0.25, -0.2) is 4.79 Å². The molecule has 0 radical (unpaired) electrons. The van der Waals surface area contributed by atoms with E-state index in [1.54, 1.807) is 6.92 Å². The van der Waals surface area contributed by atoms with Crippen LogP contribution in [0.5, 0.6) is 0 Å². The largest absolute Gasteiger partial charge is 0.478 e. The number of hydrogen-bond donors (Lipinski definition) is 1. The molecular weight excluding hydrogens is 260 g/mol. The van der Waals surface area contributed by atoms with Crippen molar-refractivity contribution in [2.24, 2.45) is 0 Å². The van der Waals surface area contributed by atoms with E-state index >= 15 is 0 Å². The van der Waals surface area contributed by atoms with Crippen molar-refractivity contribution >= 4 is 5.97 Å². The van der Waals surface area contributed by atoms with Crippen LogP contribution in [0.1, 0.15) is 104 Å². The lowest BCUT2D eigenvalue weighted by molar-refractivity contribution is -0.132. The van der Waals surface area contributed by atoms with Crippen molar-refractivity contribution in [2.75, 3.05) is 0 Å². The van der Waals surface area contributed by atoms with Crippen molar-refractivity contribution in [1.82, 2.24) is 0 Å². The molecule has 2 heteroatoms. The Balaban J connectivity index is 3.30. The summed E-state index contributed by atoms with van der Waals surface area (Å²) in [6.45, 7) is 5.92. The van der Waals surface area contributed by atoms with Crippen LogP contribution in [0.3, 0.4) is 0 Å². The first kappa shape index (κ1) is 20.2. The molecule has 0 spiro atoms. The van der Waals surface area contributed by atoms with Gasteiger partial charge in [-0.1, -0.05) is 83.1 Å². The molecule has 1 N–H and O–H groups in total. The molecule has 0 aromatic heterocycles. The quantitative estimate of drug-likeness (QED) is 0.293. The van der Waals surface area contributed by atoms with Gasteiger partial charge in [0, 0.05) is 5.57 Å². The fourth-order valence-electron chi connectivity index (χ4n) is 2.60. The molecule has 0 saturated carbocycles. The predicted molar refractivity (Wildman–Crippen MR) is 91.7 cm³/mol.